The quantitative estimate of drug-likeness (QED) is 0.290. The van der Waals surface area contributed by atoms with E-state index in [4.69, 9.17) is 23.2 Å². The Bertz CT molecular complexity index is 1350. The van der Waals surface area contributed by atoms with Crippen LogP contribution in [0.15, 0.2) is 89.8 Å². The molecule has 0 bridgehead atoms. The third-order valence-corrected chi connectivity index (χ3v) is 7.78. The number of hydrogen-bond donors (Lipinski definition) is 0. The van der Waals surface area contributed by atoms with Crippen molar-refractivity contribution >= 4 is 44.0 Å². The molecule has 0 N–H and O–H groups in total. The minimum atomic E-state index is -3.86. The lowest BCUT2D eigenvalue weighted by Crippen LogP contribution is -2.32. The number of benzene rings is 4. The van der Waals surface area contributed by atoms with Gasteiger partial charge < -0.3 is 0 Å². The first-order valence-corrected chi connectivity index (χ1v) is 12.2. The fourth-order valence-corrected chi connectivity index (χ4v) is 5.75. The van der Waals surface area contributed by atoms with Gasteiger partial charge in [-0.05, 0) is 53.3 Å². The fourth-order valence-electron chi connectivity index (χ4n) is 3.61. The SMILES string of the molecule is O=S(=O)(c1cccc2ccccc12)N(CCc1ccc(Cl)cc1Cl)Cc1ccc(F)cc1. The van der Waals surface area contributed by atoms with Gasteiger partial charge in [0.05, 0.1) is 4.90 Å². The molecule has 164 valence electrons. The van der Waals surface area contributed by atoms with E-state index in [0.29, 0.717) is 27.4 Å². The second kappa shape index (κ2) is 9.59. The molecule has 0 radical (unpaired) electrons. The Labute approximate surface area is 197 Å². The van der Waals surface area contributed by atoms with Gasteiger partial charge >= 0.3 is 0 Å². The minimum absolute atomic E-state index is 0.108. The van der Waals surface area contributed by atoms with E-state index in [1.165, 1.54) is 16.4 Å². The van der Waals surface area contributed by atoms with E-state index in [2.05, 4.69) is 0 Å². The summed E-state index contributed by atoms with van der Waals surface area (Å²) in [6.45, 7) is 0.307. The molecule has 4 aromatic rings. The van der Waals surface area contributed by atoms with Gasteiger partial charge in [-0.3, -0.25) is 0 Å². The summed E-state index contributed by atoms with van der Waals surface area (Å²) in [6.07, 6.45) is 0.404. The molecule has 3 nitrogen and oxygen atoms in total. The van der Waals surface area contributed by atoms with Crippen LogP contribution in [0.2, 0.25) is 10.0 Å². The standard InChI is InChI=1S/C25H20Cl2FNO2S/c26-21-11-10-20(24(27)16-21)14-15-29(17-18-8-12-22(28)13-9-18)32(30,31)25-7-3-5-19-4-1-2-6-23(19)25/h1-13,16H,14-15,17H2. The first-order valence-electron chi connectivity index (χ1n) is 10.0. The van der Waals surface area contributed by atoms with Crippen molar-refractivity contribution in [3.63, 3.8) is 0 Å². The monoisotopic (exact) mass is 487 g/mol. The highest BCUT2D eigenvalue weighted by atomic mass is 35.5. The van der Waals surface area contributed by atoms with Crippen LogP contribution in [0.5, 0.6) is 0 Å². The molecular formula is C25H20Cl2FNO2S. The molecule has 0 heterocycles. The summed E-state index contributed by atoms with van der Waals surface area (Å²) in [7, 11) is -3.86. The number of sulfonamides is 1. The molecule has 4 rings (SSSR count). The van der Waals surface area contributed by atoms with Crippen LogP contribution in [-0.4, -0.2) is 19.3 Å². The average Bonchev–Trinajstić information content (AvgIpc) is 2.78. The van der Waals surface area contributed by atoms with E-state index in [9.17, 15) is 12.8 Å². The van der Waals surface area contributed by atoms with Gasteiger partial charge in [0.2, 0.25) is 10.0 Å². The molecule has 32 heavy (non-hydrogen) atoms. The predicted octanol–water partition coefficient (Wildman–Crippen LogP) is 6.72. The number of fused-ring (bicyclic) bond motifs is 1. The normalized spacial score (nSPS) is 11.9. The molecule has 0 aliphatic carbocycles. The maximum absolute atomic E-state index is 13.8. The Balaban J connectivity index is 1.72. The topological polar surface area (TPSA) is 37.4 Å². The van der Waals surface area contributed by atoms with Crippen molar-refractivity contribution in [2.45, 2.75) is 17.9 Å². The van der Waals surface area contributed by atoms with Gasteiger partial charge in [-0.1, -0.05) is 77.8 Å². The van der Waals surface area contributed by atoms with Crippen molar-refractivity contribution in [2.24, 2.45) is 0 Å². The maximum Gasteiger partial charge on any atom is 0.244 e. The Hall–Kier alpha value is -2.44. The maximum atomic E-state index is 13.8. The van der Waals surface area contributed by atoms with E-state index >= 15 is 0 Å². The third-order valence-electron chi connectivity index (χ3n) is 5.29. The van der Waals surface area contributed by atoms with Gasteiger partial charge in [0, 0.05) is 28.5 Å². The zero-order chi connectivity index (χ0) is 22.7. The summed E-state index contributed by atoms with van der Waals surface area (Å²) >= 11 is 12.3. The molecule has 0 amide bonds. The van der Waals surface area contributed by atoms with E-state index < -0.39 is 10.0 Å². The Morgan fingerprint density at radius 1 is 0.844 bits per heavy atom. The van der Waals surface area contributed by atoms with E-state index in [1.807, 2.05) is 24.3 Å². The second-order valence-corrected chi connectivity index (χ2v) is 10.2. The number of nitrogens with zero attached hydrogens (tertiary/aromatic N) is 1. The molecule has 0 aliphatic rings. The molecule has 0 saturated carbocycles. The van der Waals surface area contributed by atoms with Gasteiger partial charge in [0.1, 0.15) is 5.82 Å². The van der Waals surface area contributed by atoms with Crippen molar-refractivity contribution in [1.29, 1.82) is 0 Å². The van der Waals surface area contributed by atoms with Crippen molar-refractivity contribution in [2.75, 3.05) is 6.54 Å². The van der Waals surface area contributed by atoms with Crippen molar-refractivity contribution in [3.05, 3.63) is 112 Å². The minimum Gasteiger partial charge on any atom is -0.207 e. The van der Waals surface area contributed by atoms with Gasteiger partial charge in [0.25, 0.3) is 0 Å². The van der Waals surface area contributed by atoms with Gasteiger partial charge in [-0.2, -0.15) is 4.31 Å². The highest BCUT2D eigenvalue weighted by Gasteiger charge is 2.26. The molecule has 0 unspecified atom stereocenters. The van der Waals surface area contributed by atoms with Crippen LogP contribution in [0.25, 0.3) is 10.8 Å². The average molecular weight is 488 g/mol. The third kappa shape index (κ3) is 4.97. The molecule has 0 fully saturated rings. The van der Waals surface area contributed by atoms with Crippen LogP contribution in [0, 0.1) is 5.82 Å². The van der Waals surface area contributed by atoms with Crippen LogP contribution in [-0.2, 0) is 23.0 Å². The summed E-state index contributed by atoms with van der Waals surface area (Å²) in [5.41, 5.74) is 1.49. The van der Waals surface area contributed by atoms with Crippen molar-refractivity contribution < 1.29 is 12.8 Å². The summed E-state index contributed by atoms with van der Waals surface area (Å²) in [6, 6.07) is 23.6. The lowest BCUT2D eigenvalue weighted by Gasteiger charge is -2.23. The Kier molecular flexibility index (Phi) is 6.82. The molecular weight excluding hydrogens is 468 g/mol. The summed E-state index contributed by atoms with van der Waals surface area (Å²) in [4.78, 5) is 0.236. The highest BCUT2D eigenvalue weighted by molar-refractivity contribution is 7.89. The molecule has 0 saturated heterocycles. The lowest BCUT2D eigenvalue weighted by atomic mass is 10.1. The first kappa shape index (κ1) is 22.7. The molecule has 4 aromatic carbocycles. The molecule has 0 aliphatic heterocycles. The fraction of sp³-hybridized carbons (Fsp3) is 0.120. The Morgan fingerprint density at radius 2 is 1.56 bits per heavy atom. The summed E-state index contributed by atoms with van der Waals surface area (Å²) < 4.78 is 42.3. The number of rotatable bonds is 7. The van der Waals surface area contributed by atoms with Gasteiger partial charge in [0.15, 0.2) is 0 Å². The zero-order valence-corrected chi connectivity index (χ0v) is 19.3. The molecule has 0 aromatic heterocycles. The number of hydrogen-bond acceptors (Lipinski definition) is 2. The van der Waals surface area contributed by atoms with Crippen LogP contribution < -0.4 is 0 Å². The zero-order valence-electron chi connectivity index (χ0n) is 17.0. The van der Waals surface area contributed by atoms with Crippen LogP contribution >= 0.6 is 23.2 Å². The second-order valence-electron chi connectivity index (χ2n) is 7.43. The van der Waals surface area contributed by atoms with Gasteiger partial charge in [-0.15, -0.1) is 0 Å². The highest BCUT2D eigenvalue weighted by Crippen LogP contribution is 2.28. The Morgan fingerprint density at radius 3 is 2.31 bits per heavy atom. The van der Waals surface area contributed by atoms with Crippen LogP contribution in [0.4, 0.5) is 4.39 Å². The summed E-state index contributed by atoms with van der Waals surface area (Å²) in [5.74, 6) is -0.370. The number of halogens is 3. The van der Waals surface area contributed by atoms with Crippen LogP contribution in [0.3, 0.4) is 0 Å². The van der Waals surface area contributed by atoms with E-state index in [1.54, 1.807) is 48.5 Å². The summed E-state index contributed by atoms with van der Waals surface area (Å²) in [5, 5.41) is 2.51. The lowest BCUT2D eigenvalue weighted by molar-refractivity contribution is 0.410. The molecule has 7 heteroatoms. The van der Waals surface area contributed by atoms with Gasteiger partial charge in [-0.25, -0.2) is 12.8 Å². The smallest absolute Gasteiger partial charge is 0.207 e. The van der Waals surface area contributed by atoms with E-state index in [-0.39, 0.29) is 23.8 Å². The molecule has 0 atom stereocenters. The van der Waals surface area contributed by atoms with Crippen LogP contribution in [0.1, 0.15) is 11.1 Å². The first-order chi connectivity index (χ1) is 15.3. The van der Waals surface area contributed by atoms with Crippen molar-refractivity contribution in [3.8, 4) is 0 Å². The van der Waals surface area contributed by atoms with E-state index in [0.717, 1.165) is 10.9 Å². The largest absolute Gasteiger partial charge is 0.244 e. The predicted molar refractivity (Wildman–Crippen MR) is 128 cm³/mol. The molecule has 0 spiro atoms. The van der Waals surface area contributed by atoms with Crippen molar-refractivity contribution in [1.82, 2.24) is 4.31 Å².